The number of ether oxygens (including phenoxy) is 1. The van der Waals surface area contributed by atoms with E-state index in [2.05, 4.69) is 5.32 Å². The minimum atomic E-state index is -3.90. The second-order valence-corrected chi connectivity index (χ2v) is 11.9. The van der Waals surface area contributed by atoms with Crippen molar-refractivity contribution in [3.8, 4) is 5.75 Å². The van der Waals surface area contributed by atoms with Gasteiger partial charge in [0.2, 0.25) is 21.8 Å². The zero-order valence-electron chi connectivity index (χ0n) is 20.6. The average Bonchev–Trinajstić information content (AvgIpc) is 2.74. The minimum absolute atomic E-state index is 0.0769. The van der Waals surface area contributed by atoms with Crippen molar-refractivity contribution in [3.05, 3.63) is 58.1 Å². The Morgan fingerprint density at radius 2 is 1.69 bits per heavy atom. The summed E-state index contributed by atoms with van der Waals surface area (Å²) in [4.78, 5) is 27.8. The molecular weight excluding hydrogens is 513 g/mol. The maximum absolute atomic E-state index is 13.5. The maximum Gasteiger partial charge on any atom is 0.244 e. The number of halogens is 2. The van der Waals surface area contributed by atoms with E-state index in [1.807, 2.05) is 20.8 Å². The first kappa shape index (κ1) is 28.7. The van der Waals surface area contributed by atoms with Crippen molar-refractivity contribution < 1.29 is 22.7 Å². The lowest BCUT2D eigenvalue weighted by Crippen LogP contribution is -2.54. The first-order chi connectivity index (χ1) is 16.1. The largest absolute Gasteiger partial charge is 0.497 e. The summed E-state index contributed by atoms with van der Waals surface area (Å²) in [5, 5.41) is 3.27. The molecule has 35 heavy (non-hydrogen) atoms. The van der Waals surface area contributed by atoms with Gasteiger partial charge in [-0.05, 0) is 63.6 Å². The highest BCUT2D eigenvalue weighted by molar-refractivity contribution is 7.92. The van der Waals surface area contributed by atoms with Crippen molar-refractivity contribution in [2.45, 2.75) is 45.8 Å². The van der Waals surface area contributed by atoms with Crippen LogP contribution < -0.4 is 14.4 Å². The summed E-state index contributed by atoms with van der Waals surface area (Å²) in [6, 6.07) is 10.5. The predicted molar refractivity (Wildman–Crippen MR) is 140 cm³/mol. The highest BCUT2D eigenvalue weighted by atomic mass is 35.5. The Labute approximate surface area is 217 Å². The Hall–Kier alpha value is -2.49. The molecule has 1 N–H and O–H groups in total. The van der Waals surface area contributed by atoms with Gasteiger partial charge in [-0.1, -0.05) is 35.3 Å². The van der Waals surface area contributed by atoms with Gasteiger partial charge in [-0.25, -0.2) is 8.42 Å². The number of benzene rings is 2. The third-order valence-electron chi connectivity index (χ3n) is 5.04. The number of nitrogens with zero attached hydrogens (tertiary/aromatic N) is 2. The van der Waals surface area contributed by atoms with E-state index < -0.39 is 34.1 Å². The third kappa shape index (κ3) is 8.30. The van der Waals surface area contributed by atoms with Crippen molar-refractivity contribution in [1.82, 2.24) is 10.2 Å². The molecule has 11 heteroatoms. The Bertz CT molecular complexity index is 1160. The number of carbonyl (C=O) groups excluding carboxylic acids is 2. The summed E-state index contributed by atoms with van der Waals surface area (Å²) in [5.74, 6) is -0.297. The Morgan fingerprint density at radius 1 is 1.09 bits per heavy atom. The summed E-state index contributed by atoms with van der Waals surface area (Å²) in [5.41, 5.74) is 0.337. The summed E-state index contributed by atoms with van der Waals surface area (Å²) in [6.45, 7) is 6.63. The molecule has 0 radical (unpaired) electrons. The van der Waals surface area contributed by atoms with Crippen LogP contribution in [-0.4, -0.2) is 56.6 Å². The highest BCUT2D eigenvalue weighted by Crippen LogP contribution is 2.30. The number of hydrogen-bond donors (Lipinski definition) is 1. The van der Waals surface area contributed by atoms with Gasteiger partial charge in [0, 0.05) is 17.1 Å². The summed E-state index contributed by atoms with van der Waals surface area (Å²) in [6.07, 6.45) is 0.981. The molecule has 0 fully saturated rings. The van der Waals surface area contributed by atoms with E-state index in [9.17, 15) is 18.0 Å². The molecule has 2 aromatic rings. The summed E-state index contributed by atoms with van der Waals surface area (Å²) in [7, 11) is -2.35. The van der Waals surface area contributed by atoms with Gasteiger partial charge in [-0.2, -0.15) is 0 Å². The molecule has 0 saturated heterocycles. The van der Waals surface area contributed by atoms with Crippen molar-refractivity contribution in [1.29, 1.82) is 0 Å². The molecule has 0 heterocycles. The molecule has 0 aliphatic heterocycles. The fourth-order valence-electron chi connectivity index (χ4n) is 3.26. The van der Waals surface area contributed by atoms with Gasteiger partial charge < -0.3 is 15.0 Å². The quantitative estimate of drug-likeness (QED) is 0.513. The number of anilines is 1. The van der Waals surface area contributed by atoms with Gasteiger partial charge in [0.15, 0.2) is 0 Å². The molecular formula is C24H31Cl2N3O5S. The maximum atomic E-state index is 13.5. The number of nitrogens with one attached hydrogen (secondary N) is 1. The van der Waals surface area contributed by atoms with E-state index >= 15 is 0 Å². The van der Waals surface area contributed by atoms with Gasteiger partial charge in [0.25, 0.3) is 0 Å². The molecule has 0 saturated carbocycles. The summed E-state index contributed by atoms with van der Waals surface area (Å²) >= 11 is 12.2. The van der Waals surface area contributed by atoms with Gasteiger partial charge in [0.05, 0.1) is 24.1 Å². The Kier molecular flexibility index (Phi) is 9.44. The second-order valence-electron chi connectivity index (χ2n) is 9.15. The molecule has 2 aromatic carbocycles. The van der Waals surface area contributed by atoms with E-state index in [4.69, 9.17) is 27.9 Å². The monoisotopic (exact) mass is 543 g/mol. The van der Waals surface area contributed by atoms with Crippen LogP contribution in [0.1, 0.15) is 33.3 Å². The Balaban J connectivity index is 2.43. The van der Waals surface area contributed by atoms with Crippen LogP contribution in [0.15, 0.2) is 42.5 Å². The van der Waals surface area contributed by atoms with Crippen LogP contribution in [0.2, 0.25) is 10.0 Å². The average molecular weight is 545 g/mol. The molecule has 0 aromatic heterocycles. The fourth-order valence-corrected chi connectivity index (χ4v) is 4.68. The zero-order valence-corrected chi connectivity index (χ0v) is 23.0. The molecule has 2 amide bonds. The first-order valence-corrected chi connectivity index (χ1v) is 13.4. The topological polar surface area (TPSA) is 96.0 Å². The first-order valence-electron chi connectivity index (χ1n) is 10.8. The van der Waals surface area contributed by atoms with Crippen LogP contribution >= 0.6 is 23.2 Å². The van der Waals surface area contributed by atoms with Crippen LogP contribution in [0.3, 0.4) is 0 Å². The van der Waals surface area contributed by atoms with E-state index in [0.29, 0.717) is 10.8 Å². The Morgan fingerprint density at radius 3 is 2.17 bits per heavy atom. The van der Waals surface area contributed by atoms with E-state index in [1.165, 1.54) is 23.1 Å². The van der Waals surface area contributed by atoms with Gasteiger partial charge in [-0.15, -0.1) is 0 Å². The lowest BCUT2D eigenvalue weighted by atomic mass is 10.1. The van der Waals surface area contributed by atoms with Gasteiger partial charge in [0.1, 0.15) is 18.3 Å². The predicted octanol–water partition coefficient (Wildman–Crippen LogP) is 4.10. The molecule has 0 aliphatic rings. The number of rotatable bonds is 9. The van der Waals surface area contributed by atoms with Crippen LogP contribution in [0.4, 0.5) is 5.69 Å². The highest BCUT2D eigenvalue weighted by Gasteiger charge is 2.32. The summed E-state index contributed by atoms with van der Waals surface area (Å²) < 4.78 is 31.3. The lowest BCUT2D eigenvalue weighted by molar-refractivity contribution is -0.140. The molecule has 0 bridgehead atoms. The fraction of sp³-hybridized carbons (Fsp3) is 0.417. The number of methoxy groups -OCH3 is 1. The lowest BCUT2D eigenvalue weighted by Gasteiger charge is -2.33. The van der Waals surface area contributed by atoms with Crippen LogP contribution in [-0.2, 0) is 26.2 Å². The van der Waals surface area contributed by atoms with Crippen molar-refractivity contribution in [2.24, 2.45) is 0 Å². The van der Waals surface area contributed by atoms with E-state index in [-0.39, 0.29) is 23.2 Å². The molecule has 0 spiro atoms. The SMILES string of the molecule is COc1ccc(CN(C(=O)CN(c2ccc(Cl)cc2Cl)S(C)(=O)=O)[C@@H](C)C(=O)NC(C)(C)C)cc1. The standard InChI is InChI=1S/C24H31Cl2N3O5S/c1-16(23(31)27-24(2,3)4)28(14-17-7-10-19(34-5)11-8-17)22(30)15-29(35(6,32)33)21-12-9-18(25)13-20(21)26/h7-13,16H,14-15H2,1-6H3,(H,27,31)/t16-/m0/s1. The molecule has 0 unspecified atom stereocenters. The number of carbonyl (C=O) groups is 2. The van der Waals surface area contributed by atoms with E-state index in [1.54, 1.807) is 38.3 Å². The van der Waals surface area contributed by atoms with Crippen LogP contribution in [0.25, 0.3) is 0 Å². The molecule has 0 aliphatic carbocycles. The molecule has 2 rings (SSSR count). The molecule has 192 valence electrons. The molecule has 1 atom stereocenters. The third-order valence-corrected chi connectivity index (χ3v) is 6.70. The van der Waals surface area contributed by atoms with Gasteiger partial charge >= 0.3 is 0 Å². The van der Waals surface area contributed by atoms with Crippen molar-refractivity contribution >= 4 is 50.7 Å². The zero-order chi connectivity index (χ0) is 26.6. The normalized spacial score (nSPS) is 12.6. The van der Waals surface area contributed by atoms with Crippen molar-refractivity contribution in [3.63, 3.8) is 0 Å². The van der Waals surface area contributed by atoms with Crippen molar-refractivity contribution in [2.75, 3.05) is 24.2 Å². The van der Waals surface area contributed by atoms with Crippen LogP contribution in [0.5, 0.6) is 5.75 Å². The van der Waals surface area contributed by atoms with Gasteiger partial charge in [-0.3, -0.25) is 13.9 Å². The number of amides is 2. The van der Waals surface area contributed by atoms with Crippen LogP contribution in [0, 0.1) is 0 Å². The molecule has 8 nitrogen and oxygen atoms in total. The number of hydrogen-bond acceptors (Lipinski definition) is 5. The number of sulfonamides is 1. The smallest absolute Gasteiger partial charge is 0.244 e. The minimum Gasteiger partial charge on any atom is -0.497 e. The second kappa shape index (κ2) is 11.5. The van der Waals surface area contributed by atoms with E-state index in [0.717, 1.165) is 16.1 Å².